The van der Waals surface area contributed by atoms with E-state index in [2.05, 4.69) is 41.3 Å². The van der Waals surface area contributed by atoms with Crippen LogP contribution in [0.3, 0.4) is 0 Å². The summed E-state index contributed by atoms with van der Waals surface area (Å²) in [5, 5.41) is 12.1. The number of aryl methyl sites for hydroxylation is 2. The highest BCUT2D eigenvalue weighted by molar-refractivity contribution is 5.51. The molecule has 0 bridgehead atoms. The first-order chi connectivity index (χ1) is 11.1. The second-order valence-corrected chi connectivity index (χ2v) is 5.31. The Hall–Kier alpha value is -2.21. The lowest BCUT2D eigenvalue weighted by molar-refractivity contribution is 0.299. The first-order valence-electron chi connectivity index (χ1n) is 8.10. The van der Waals surface area contributed by atoms with Gasteiger partial charge in [0, 0.05) is 13.2 Å². The normalized spacial score (nSPS) is 10.8. The van der Waals surface area contributed by atoms with Gasteiger partial charge < -0.3 is 10.4 Å². The summed E-state index contributed by atoms with van der Waals surface area (Å²) in [5.41, 5.74) is 3.74. The van der Waals surface area contributed by atoms with E-state index in [4.69, 9.17) is 0 Å². The molecule has 0 saturated carbocycles. The molecule has 1 aromatic carbocycles. The number of aromatic nitrogens is 3. The predicted molar refractivity (Wildman–Crippen MR) is 91.3 cm³/mol. The van der Waals surface area contributed by atoms with Gasteiger partial charge in [0.2, 0.25) is 5.95 Å². The molecule has 2 aromatic rings. The molecule has 2 N–H and O–H groups in total. The Balaban J connectivity index is 2.60. The van der Waals surface area contributed by atoms with E-state index in [1.807, 2.05) is 6.92 Å². The number of benzene rings is 1. The lowest BCUT2D eigenvalue weighted by Gasteiger charge is -2.17. The van der Waals surface area contributed by atoms with E-state index in [0.717, 1.165) is 35.2 Å². The average Bonchev–Trinajstić information content (AvgIpc) is 2.55. The lowest BCUT2D eigenvalue weighted by Crippen LogP contribution is -2.25. The van der Waals surface area contributed by atoms with Gasteiger partial charge in [-0.3, -0.25) is 4.57 Å². The third-order valence-corrected chi connectivity index (χ3v) is 3.77. The van der Waals surface area contributed by atoms with E-state index in [1.165, 1.54) is 10.9 Å². The maximum atomic E-state index is 12.4. The zero-order chi connectivity index (χ0) is 16.8. The average molecular weight is 316 g/mol. The standard InChI is InChI=1S/C17H24N4O2/c1-4-13-9-12(7-8-22)10-14(5-2)15(13)21-11-19-16(18-6-3)20-17(21)23/h9-11,22H,4-8H2,1-3H3,(H,18,20,23). The fraction of sp³-hybridized carbons (Fsp3) is 0.471. The number of rotatable bonds is 7. The van der Waals surface area contributed by atoms with Crippen LogP contribution in [0.25, 0.3) is 5.69 Å². The second kappa shape index (κ2) is 7.87. The molecule has 2 rings (SSSR count). The molecule has 1 heterocycles. The minimum Gasteiger partial charge on any atom is -0.396 e. The molecule has 0 radical (unpaired) electrons. The predicted octanol–water partition coefficient (Wildman–Crippen LogP) is 1.72. The fourth-order valence-electron chi connectivity index (χ4n) is 2.69. The largest absolute Gasteiger partial charge is 0.396 e. The van der Waals surface area contributed by atoms with Crippen molar-refractivity contribution in [2.45, 2.75) is 40.0 Å². The van der Waals surface area contributed by atoms with Gasteiger partial charge >= 0.3 is 5.69 Å². The van der Waals surface area contributed by atoms with Crippen LogP contribution in [0.15, 0.2) is 23.3 Å². The molecule has 0 aliphatic rings. The zero-order valence-corrected chi connectivity index (χ0v) is 14.0. The Kier molecular flexibility index (Phi) is 5.87. The summed E-state index contributed by atoms with van der Waals surface area (Å²) < 4.78 is 1.52. The Bertz CT molecular complexity index is 700. The van der Waals surface area contributed by atoms with Crippen LogP contribution in [0.4, 0.5) is 5.95 Å². The van der Waals surface area contributed by atoms with Gasteiger partial charge in [0.15, 0.2) is 0 Å². The number of hydrogen-bond acceptors (Lipinski definition) is 5. The monoisotopic (exact) mass is 316 g/mol. The van der Waals surface area contributed by atoms with Crippen molar-refractivity contribution in [3.63, 3.8) is 0 Å². The molecule has 23 heavy (non-hydrogen) atoms. The number of nitrogens with zero attached hydrogens (tertiary/aromatic N) is 3. The summed E-state index contributed by atoms with van der Waals surface area (Å²) in [7, 11) is 0. The van der Waals surface area contributed by atoms with Gasteiger partial charge in [0.05, 0.1) is 5.69 Å². The van der Waals surface area contributed by atoms with Gasteiger partial charge in [0.1, 0.15) is 6.33 Å². The molecule has 0 atom stereocenters. The van der Waals surface area contributed by atoms with Crippen molar-refractivity contribution in [3.05, 3.63) is 45.6 Å². The van der Waals surface area contributed by atoms with Gasteiger partial charge in [-0.2, -0.15) is 4.98 Å². The maximum absolute atomic E-state index is 12.4. The summed E-state index contributed by atoms with van der Waals surface area (Å²) in [5.74, 6) is 0.349. The van der Waals surface area contributed by atoms with Gasteiger partial charge in [-0.05, 0) is 42.9 Å². The smallest absolute Gasteiger partial charge is 0.356 e. The van der Waals surface area contributed by atoms with Crippen LogP contribution >= 0.6 is 0 Å². The Morgan fingerprint density at radius 1 is 1.17 bits per heavy atom. The van der Waals surface area contributed by atoms with Crippen molar-refractivity contribution in [2.24, 2.45) is 0 Å². The van der Waals surface area contributed by atoms with Crippen molar-refractivity contribution >= 4 is 5.95 Å². The summed E-state index contributed by atoms with van der Waals surface area (Å²) >= 11 is 0. The molecular formula is C17H24N4O2. The van der Waals surface area contributed by atoms with E-state index in [1.54, 1.807) is 0 Å². The summed E-state index contributed by atoms with van der Waals surface area (Å²) in [6.07, 6.45) is 3.74. The van der Waals surface area contributed by atoms with Crippen LogP contribution in [0.1, 0.15) is 37.5 Å². The van der Waals surface area contributed by atoms with Crippen molar-refractivity contribution in [3.8, 4) is 5.69 Å². The molecule has 0 spiro atoms. The lowest BCUT2D eigenvalue weighted by atomic mass is 9.97. The summed E-state index contributed by atoms with van der Waals surface area (Å²) in [6.45, 7) is 6.82. The number of hydrogen-bond donors (Lipinski definition) is 2. The number of anilines is 1. The molecule has 6 nitrogen and oxygen atoms in total. The quantitative estimate of drug-likeness (QED) is 0.813. The van der Waals surface area contributed by atoms with E-state index < -0.39 is 0 Å². The van der Waals surface area contributed by atoms with Crippen molar-refractivity contribution < 1.29 is 5.11 Å². The number of aliphatic hydroxyl groups excluding tert-OH is 1. The first kappa shape index (κ1) is 17.1. The summed E-state index contributed by atoms with van der Waals surface area (Å²) in [4.78, 5) is 20.6. The van der Waals surface area contributed by atoms with Crippen LogP contribution in [0, 0.1) is 0 Å². The molecule has 0 amide bonds. The highest BCUT2D eigenvalue weighted by atomic mass is 16.3. The molecule has 0 saturated heterocycles. The van der Waals surface area contributed by atoms with Gasteiger partial charge in [-0.25, -0.2) is 9.78 Å². The highest BCUT2D eigenvalue weighted by Crippen LogP contribution is 2.23. The first-order valence-corrected chi connectivity index (χ1v) is 8.10. The third-order valence-electron chi connectivity index (χ3n) is 3.77. The SMILES string of the molecule is CCNc1ncn(-c2c(CC)cc(CCO)cc2CC)c(=O)n1. The molecule has 6 heteroatoms. The van der Waals surface area contributed by atoms with E-state index >= 15 is 0 Å². The van der Waals surface area contributed by atoms with Crippen LogP contribution in [-0.2, 0) is 19.3 Å². The molecular weight excluding hydrogens is 292 g/mol. The van der Waals surface area contributed by atoms with Crippen molar-refractivity contribution in [1.29, 1.82) is 0 Å². The Morgan fingerprint density at radius 3 is 2.30 bits per heavy atom. The maximum Gasteiger partial charge on any atom is 0.356 e. The molecule has 0 fully saturated rings. The second-order valence-electron chi connectivity index (χ2n) is 5.31. The molecule has 0 aliphatic carbocycles. The Morgan fingerprint density at radius 2 is 1.83 bits per heavy atom. The van der Waals surface area contributed by atoms with Gasteiger partial charge in [-0.1, -0.05) is 26.0 Å². The van der Waals surface area contributed by atoms with E-state index in [9.17, 15) is 9.90 Å². The molecule has 0 unspecified atom stereocenters. The highest BCUT2D eigenvalue weighted by Gasteiger charge is 2.13. The fourth-order valence-corrected chi connectivity index (χ4v) is 2.69. The summed E-state index contributed by atoms with van der Waals surface area (Å²) in [6, 6.07) is 4.10. The minimum absolute atomic E-state index is 0.117. The topological polar surface area (TPSA) is 80.0 Å². The number of aliphatic hydroxyl groups is 1. The third kappa shape index (κ3) is 3.76. The van der Waals surface area contributed by atoms with E-state index in [0.29, 0.717) is 18.9 Å². The Labute approximate surface area is 136 Å². The van der Waals surface area contributed by atoms with Gasteiger partial charge in [-0.15, -0.1) is 0 Å². The van der Waals surface area contributed by atoms with E-state index in [-0.39, 0.29) is 12.3 Å². The van der Waals surface area contributed by atoms with Crippen LogP contribution in [-0.4, -0.2) is 32.8 Å². The van der Waals surface area contributed by atoms with Crippen molar-refractivity contribution in [2.75, 3.05) is 18.5 Å². The number of nitrogens with one attached hydrogen (secondary N) is 1. The zero-order valence-electron chi connectivity index (χ0n) is 14.0. The van der Waals surface area contributed by atoms with Crippen LogP contribution in [0.2, 0.25) is 0 Å². The molecule has 124 valence electrons. The van der Waals surface area contributed by atoms with Gasteiger partial charge in [0.25, 0.3) is 0 Å². The minimum atomic E-state index is -0.338. The molecule has 0 aliphatic heterocycles. The van der Waals surface area contributed by atoms with Crippen molar-refractivity contribution in [1.82, 2.24) is 14.5 Å². The molecule has 1 aromatic heterocycles. The van der Waals surface area contributed by atoms with Crippen LogP contribution in [0.5, 0.6) is 0 Å². The van der Waals surface area contributed by atoms with Crippen LogP contribution < -0.4 is 11.0 Å².